The summed E-state index contributed by atoms with van der Waals surface area (Å²) in [5, 5.41) is 7.41. The van der Waals surface area contributed by atoms with Crippen LogP contribution >= 0.6 is 0 Å². The maximum absolute atomic E-state index is 13.9. The quantitative estimate of drug-likeness (QED) is 0.300. The summed E-state index contributed by atoms with van der Waals surface area (Å²) in [6.07, 6.45) is 2.13. The highest BCUT2D eigenvalue weighted by atomic mass is 19.1. The van der Waals surface area contributed by atoms with Crippen molar-refractivity contribution in [1.29, 1.82) is 0 Å². The Morgan fingerprint density at radius 2 is 1.69 bits per heavy atom. The van der Waals surface area contributed by atoms with Gasteiger partial charge in [0.05, 0.1) is 0 Å². The van der Waals surface area contributed by atoms with Crippen molar-refractivity contribution in [2.75, 3.05) is 0 Å². The van der Waals surface area contributed by atoms with E-state index in [0.29, 0.717) is 0 Å². The molecule has 0 saturated heterocycles. The summed E-state index contributed by atoms with van der Waals surface area (Å²) in [5.74, 6) is -0.207. The van der Waals surface area contributed by atoms with E-state index >= 15 is 0 Å². The first-order chi connectivity index (χ1) is 15.6. The fraction of sp³-hybridized carbons (Fsp3) is 0.172. The third-order valence-corrected chi connectivity index (χ3v) is 6.32. The van der Waals surface area contributed by atoms with Crippen LogP contribution in [0.15, 0.2) is 91.1 Å². The van der Waals surface area contributed by atoms with Crippen LogP contribution in [0.3, 0.4) is 0 Å². The first kappa shape index (κ1) is 20.5. The molecule has 0 spiro atoms. The second-order valence-corrected chi connectivity index (χ2v) is 8.36. The number of fused-ring (bicyclic) bond motifs is 2. The maximum atomic E-state index is 13.9. The lowest BCUT2D eigenvalue weighted by Gasteiger charge is -2.17. The van der Waals surface area contributed by atoms with E-state index in [4.69, 9.17) is 0 Å². The standard InChI is InChI=1S/C29H27FN2/c1-3-32-19-28(23-10-6-11-24(30)17-23)27-16-21(14-15-29(27)32)18-31-20(2)25-13-7-9-22-8-4-5-12-26(22)25/h4-17,19-20,31H,3,18H2,1-2H3. The molecule has 5 aromatic rings. The molecule has 0 fully saturated rings. The van der Waals surface area contributed by atoms with Gasteiger partial charge in [0.25, 0.3) is 0 Å². The van der Waals surface area contributed by atoms with Crippen molar-refractivity contribution in [2.45, 2.75) is 33.0 Å². The molecule has 1 heterocycles. The Morgan fingerprint density at radius 3 is 2.53 bits per heavy atom. The summed E-state index contributed by atoms with van der Waals surface area (Å²) in [6, 6.07) is 28.7. The van der Waals surface area contributed by atoms with Crippen molar-refractivity contribution in [3.63, 3.8) is 0 Å². The number of nitrogens with zero attached hydrogens (tertiary/aromatic N) is 1. The summed E-state index contributed by atoms with van der Waals surface area (Å²) in [7, 11) is 0. The van der Waals surface area contributed by atoms with Gasteiger partial charge in [-0.3, -0.25) is 0 Å². The van der Waals surface area contributed by atoms with Gasteiger partial charge in [0, 0.05) is 41.8 Å². The van der Waals surface area contributed by atoms with Crippen LogP contribution in [0.25, 0.3) is 32.8 Å². The van der Waals surface area contributed by atoms with Crippen LogP contribution in [0.5, 0.6) is 0 Å². The van der Waals surface area contributed by atoms with Gasteiger partial charge in [-0.25, -0.2) is 4.39 Å². The molecular weight excluding hydrogens is 395 g/mol. The zero-order valence-electron chi connectivity index (χ0n) is 18.5. The molecule has 5 rings (SSSR count). The molecule has 0 amide bonds. The van der Waals surface area contributed by atoms with Gasteiger partial charge in [0.2, 0.25) is 0 Å². The molecule has 0 aliphatic heterocycles. The van der Waals surface area contributed by atoms with Gasteiger partial charge in [-0.1, -0.05) is 60.7 Å². The molecule has 0 aliphatic carbocycles. The smallest absolute Gasteiger partial charge is 0.123 e. The lowest BCUT2D eigenvalue weighted by atomic mass is 9.99. The lowest BCUT2D eigenvalue weighted by Crippen LogP contribution is -2.18. The van der Waals surface area contributed by atoms with E-state index in [1.807, 2.05) is 6.07 Å². The second kappa shape index (κ2) is 8.60. The first-order valence-corrected chi connectivity index (χ1v) is 11.2. The number of nitrogens with one attached hydrogen (secondary N) is 1. The zero-order chi connectivity index (χ0) is 22.1. The molecule has 0 aliphatic rings. The minimum Gasteiger partial charge on any atom is -0.347 e. The van der Waals surface area contributed by atoms with Crippen LogP contribution in [0.1, 0.15) is 31.0 Å². The molecule has 3 heteroatoms. The number of hydrogen-bond acceptors (Lipinski definition) is 1. The van der Waals surface area contributed by atoms with Crippen molar-refractivity contribution < 1.29 is 4.39 Å². The Labute approximate surface area is 188 Å². The number of aromatic nitrogens is 1. The van der Waals surface area contributed by atoms with E-state index in [1.165, 1.54) is 33.5 Å². The van der Waals surface area contributed by atoms with Gasteiger partial charge < -0.3 is 9.88 Å². The van der Waals surface area contributed by atoms with E-state index in [2.05, 4.69) is 90.6 Å². The van der Waals surface area contributed by atoms with E-state index in [1.54, 1.807) is 12.1 Å². The Morgan fingerprint density at radius 1 is 0.875 bits per heavy atom. The fourth-order valence-corrected chi connectivity index (χ4v) is 4.61. The zero-order valence-corrected chi connectivity index (χ0v) is 18.5. The Balaban J connectivity index is 1.45. The molecule has 0 radical (unpaired) electrons. The molecule has 1 N–H and O–H groups in total. The molecule has 1 unspecified atom stereocenters. The van der Waals surface area contributed by atoms with Crippen LogP contribution in [-0.4, -0.2) is 4.57 Å². The summed E-state index contributed by atoms with van der Waals surface area (Å²) in [6.45, 7) is 5.99. The molecule has 0 bridgehead atoms. The third kappa shape index (κ3) is 3.80. The molecule has 2 nitrogen and oxygen atoms in total. The number of hydrogen-bond donors (Lipinski definition) is 1. The highest BCUT2D eigenvalue weighted by Gasteiger charge is 2.13. The average molecular weight is 423 g/mol. The lowest BCUT2D eigenvalue weighted by molar-refractivity contribution is 0.578. The highest BCUT2D eigenvalue weighted by Crippen LogP contribution is 2.32. The average Bonchev–Trinajstić information content (AvgIpc) is 3.20. The van der Waals surface area contributed by atoms with Crippen molar-refractivity contribution in [3.05, 3.63) is 108 Å². The van der Waals surface area contributed by atoms with Crippen LogP contribution in [0.4, 0.5) is 4.39 Å². The molecular formula is C29H27FN2. The fourth-order valence-electron chi connectivity index (χ4n) is 4.61. The second-order valence-electron chi connectivity index (χ2n) is 8.36. The molecule has 4 aromatic carbocycles. The Hall–Kier alpha value is -3.43. The van der Waals surface area contributed by atoms with E-state index in [9.17, 15) is 4.39 Å². The van der Waals surface area contributed by atoms with E-state index in [0.717, 1.165) is 29.6 Å². The van der Waals surface area contributed by atoms with E-state index in [-0.39, 0.29) is 11.9 Å². The summed E-state index contributed by atoms with van der Waals surface area (Å²) in [5.41, 5.74) is 5.69. The van der Waals surface area contributed by atoms with Gasteiger partial charge in [0.15, 0.2) is 0 Å². The summed E-state index contributed by atoms with van der Waals surface area (Å²) >= 11 is 0. The maximum Gasteiger partial charge on any atom is 0.123 e. The molecule has 0 saturated carbocycles. The van der Waals surface area contributed by atoms with Crippen LogP contribution in [-0.2, 0) is 13.1 Å². The van der Waals surface area contributed by atoms with Crippen molar-refractivity contribution in [3.8, 4) is 11.1 Å². The minimum absolute atomic E-state index is 0.207. The van der Waals surface area contributed by atoms with Crippen LogP contribution in [0, 0.1) is 5.82 Å². The Bertz CT molecular complexity index is 1390. The summed E-state index contributed by atoms with van der Waals surface area (Å²) < 4.78 is 16.1. The van der Waals surface area contributed by atoms with Crippen LogP contribution in [0.2, 0.25) is 0 Å². The van der Waals surface area contributed by atoms with Crippen molar-refractivity contribution >= 4 is 21.7 Å². The van der Waals surface area contributed by atoms with Gasteiger partial charge in [-0.2, -0.15) is 0 Å². The van der Waals surface area contributed by atoms with E-state index < -0.39 is 0 Å². The topological polar surface area (TPSA) is 17.0 Å². The predicted molar refractivity (Wildman–Crippen MR) is 132 cm³/mol. The monoisotopic (exact) mass is 422 g/mol. The molecule has 32 heavy (non-hydrogen) atoms. The normalized spacial score (nSPS) is 12.5. The minimum atomic E-state index is -0.207. The van der Waals surface area contributed by atoms with Gasteiger partial charge in [-0.15, -0.1) is 0 Å². The van der Waals surface area contributed by atoms with Crippen LogP contribution < -0.4 is 5.32 Å². The highest BCUT2D eigenvalue weighted by molar-refractivity contribution is 5.96. The predicted octanol–water partition coefficient (Wildman–Crippen LogP) is 7.47. The molecule has 1 atom stereocenters. The summed E-state index contributed by atoms with van der Waals surface area (Å²) in [4.78, 5) is 0. The Kier molecular flexibility index (Phi) is 5.50. The SMILES string of the molecule is CCn1cc(-c2cccc(F)c2)c2cc(CNC(C)c3cccc4ccccc34)ccc21. The van der Waals surface area contributed by atoms with Crippen molar-refractivity contribution in [1.82, 2.24) is 9.88 Å². The number of aryl methyl sites for hydroxylation is 1. The number of rotatable bonds is 6. The van der Waals surface area contributed by atoms with Gasteiger partial charge in [0.1, 0.15) is 5.82 Å². The van der Waals surface area contributed by atoms with Gasteiger partial charge >= 0.3 is 0 Å². The number of halogens is 1. The first-order valence-electron chi connectivity index (χ1n) is 11.2. The third-order valence-electron chi connectivity index (χ3n) is 6.32. The number of benzene rings is 4. The largest absolute Gasteiger partial charge is 0.347 e. The molecule has 160 valence electrons. The molecule has 1 aromatic heterocycles. The van der Waals surface area contributed by atoms with Gasteiger partial charge in [-0.05, 0) is 65.6 Å². The van der Waals surface area contributed by atoms with Crippen molar-refractivity contribution in [2.24, 2.45) is 0 Å².